The number of fused-ring (bicyclic) bond motifs is 1. The summed E-state index contributed by atoms with van der Waals surface area (Å²) < 4.78 is 5.84. The van der Waals surface area contributed by atoms with E-state index in [1.165, 1.54) is 0 Å². The smallest absolute Gasteiger partial charge is 0.256 e. The monoisotopic (exact) mass is 372 g/mol. The predicted octanol–water partition coefficient (Wildman–Crippen LogP) is 4.41. The highest BCUT2D eigenvalue weighted by molar-refractivity contribution is 6.12. The van der Waals surface area contributed by atoms with E-state index in [0.717, 1.165) is 28.1 Å². The number of aryl methyl sites for hydroxylation is 2. The van der Waals surface area contributed by atoms with Crippen molar-refractivity contribution in [1.82, 2.24) is 15.2 Å². The number of rotatable bonds is 5. The third-order valence-corrected chi connectivity index (χ3v) is 4.49. The summed E-state index contributed by atoms with van der Waals surface area (Å²) in [5.41, 5.74) is 4.27. The summed E-state index contributed by atoms with van der Waals surface area (Å²) in [5, 5.41) is 10.8. The van der Waals surface area contributed by atoms with Crippen molar-refractivity contribution in [3.63, 3.8) is 0 Å². The number of carbonyl (C=O) groups excluding carboxylic acids is 1. The summed E-state index contributed by atoms with van der Waals surface area (Å²) in [6.07, 6.45) is 0. The minimum atomic E-state index is -0.202. The van der Waals surface area contributed by atoms with Crippen molar-refractivity contribution >= 4 is 22.6 Å². The van der Waals surface area contributed by atoms with E-state index < -0.39 is 0 Å². The van der Waals surface area contributed by atoms with Gasteiger partial charge in [0.2, 0.25) is 0 Å². The molecule has 2 N–H and O–H groups in total. The van der Waals surface area contributed by atoms with Crippen molar-refractivity contribution in [2.24, 2.45) is 0 Å². The minimum absolute atomic E-state index is 0.202. The van der Waals surface area contributed by atoms with Crippen LogP contribution in [0.15, 0.2) is 60.7 Å². The molecule has 2 aromatic heterocycles. The van der Waals surface area contributed by atoms with E-state index in [2.05, 4.69) is 20.5 Å². The van der Waals surface area contributed by atoms with Crippen LogP contribution in [0.3, 0.4) is 0 Å². The van der Waals surface area contributed by atoms with Crippen molar-refractivity contribution in [3.05, 3.63) is 83.2 Å². The standard InChI is InChI=1S/C22H20N4O2/c1-14-12-18(20-15(2)25-26-21(20)23-14)22(27)24-19-11-7-6-8-16(19)13-28-17-9-4-3-5-10-17/h3-12H,13H2,1-2H3,(H,24,27)(H,23,25,26). The van der Waals surface area contributed by atoms with Crippen LogP contribution < -0.4 is 10.1 Å². The first kappa shape index (κ1) is 17.7. The average molecular weight is 372 g/mol. The lowest BCUT2D eigenvalue weighted by Gasteiger charge is -2.13. The van der Waals surface area contributed by atoms with Gasteiger partial charge in [0.1, 0.15) is 12.4 Å². The number of aromatic amines is 1. The van der Waals surface area contributed by atoms with Crippen LogP contribution in [0.25, 0.3) is 11.0 Å². The Kier molecular flexibility index (Phi) is 4.76. The summed E-state index contributed by atoms with van der Waals surface area (Å²) in [6, 6.07) is 19.0. The van der Waals surface area contributed by atoms with Crippen molar-refractivity contribution in [2.75, 3.05) is 5.32 Å². The van der Waals surface area contributed by atoms with E-state index in [-0.39, 0.29) is 5.91 Å². The van der Waals surface area contributed by atoms with Gasteiger partial charge in [0, 0.05) is 16.9 Å². The van der Waals surface area contributed by atoms with Crippen LogP contribution in [0, 0.1) is 13.8 Å². The van der Waals surface area contributed by atoms with E-state index in [4.69, 9.17) is 4.74 Å². The average Bonchev–Trinajstić information content (AvgIpc) is 3.08. The Bertz CT molecular complexity index is 1140. The molecule has 0 atom stereocenters. The maximum absolute atomic E-state index is 13.0. The maximum atomic E-state index is 13.0. The van der Waals surface area contributed by atoms with Crippen LogP contribution in [-0.2, 0) is 6.61 Å². The number of H-pyrrole nitrogens is 1. The normalized spacial score (nSPS) is 10.8. The van der Waals surface area contributed by atoms with Gasteiger partial charge in [-0.2, -0.15) is 5.10 Å². The Balaban J connectivity index is 1.60. The molecule has 28 heavy (non-hydrogen) atoms. The molecule has 0 spiro atoms. The maximum Gasteiger partial charge on any atom is 0.256 e. The fraction of sp³-hybridized carbons (Fsp3) is 0.136. The van der Waals surface area contributed by atoms with Gasteiger partial charge in [0.05, 0.1) is 16.6 Å². The van der Waals surface area contributed by atoms with Crippen LogP contribution in [0.2, 0.25) is 0 Å². The summed E-state index contributed by atoms with van der Waals surface area (Å²) in [5.74, 6) is 0.580. The SMILES string of the molecule is Cc1cc(C(=O)Nc2ccccc2COc2ccccc2)c2c(C)n[nH]c2n1. The van der Waals surface area contributed by atoms with Gasteiger partial charge in [0.15, 0.2) is 5.65 Å². The van der Waals surface area contributed by atoms with Crippen molar-refractivity contribution < 1.29 is 9.53 Å². The lowest BCUT2D eigenvalue weighted by Crippen LogP contribution is -2.15. The third kappa shape index (κ3) is 3.57. The first-order valence-electron chi connectivity index (χ1n) is 9.01. The molecule has 0 aliphatic heterocycles. The number of hydrogen-bond acceptors (Lipinski definition) is 4. The van der Waals surface area contributed by atoms with E-state index in [1.54, 1.807) is 6.07 Å². The first-order valence-corrected chi connectivity index (χ1v) is 9.01. The van der Waals surface area contributed by atoms with Gasteiger partial charge in [-0.25, -0.2) is 4.98 Å². The molecule has 4 aromatic rings. The number of para-hydroxylation sites is 2. The molecule has 0 radical (unpaired) electrons. The molecule has 140 valence electrons. The fourth-order valence-corrected chi connectivity index (χ4v) is 3.13. The molecule has 0 unspecified atom stereocenters. The second-order valence-corrected chi connectivity index (χ2v) is 6.56. The van der Waals surface area contributed by atoms with Crippen LogP contribution in [0.5, 0.6) is 5.75 Å². The third-order valence-electron chi connectivity index (χ3n) is 4.49. The molecule has 0 saturated carbocycles. The summed E-state index contributed by atoms with van der Waals surface area (Å²) in [4.78, 5) is 17.4. The van der Waals surface area contributed by atoms with E-state index >= 15 is 0 Å². The lowest BCUT2D eigenvalue weighted by atomic mass is 10.1. The zero-order chi connectivity index (χ0) is 19.5. The van der Waals surface area contributed by atoms with Crippen LogP contribution in [0.1, 0.15) is 27.3 Å². The number of aromatic nitrogens is 3. The number of nitrogens with one attached hydrogen (secondary N) is 2. The summed E-state index contributed by atoms with van der Waals surface area (Å²) in [6.45, 7) is 4.07. The number of pyridine rings is 1. The molecule has 6 heteroatoms. The first-order chi connectivity index (χ1) is 13.6. The van der Waals surface area contributed by atoms with E-state index in [0.29, 0.717) is 23.5 Å². The molecule has 6 nitrogen and oxygen atoms in total. The highest BCUT2D eigenvalue weighted by Crippen LogP contribution is 2.23. The zero-order valence-electron chi connectivity index (χ0n) is 15.7. The van der Waals surface area contributed by atoms with Gasteiger partial charge in [-0.3, -0.25) is 9.89 Å². The molecule has 0 bridgehead atoms. The zero-order valence-corrected chi connectivity index (χ0v) is 15.7. The number of amides is 1. The van der Waals surface area contributed by atoms with Gasteiger partial charge >= 0.3 is 0 Å². The second-order valence-electron chi connectivity index (χ2n) is 6.56. The van der Waals surface area contributed by atoms with Crippen LogP contribution in [-0.4, -0.2) is 21.1 Å². The van der Waals surface area contributed by atoms with Crippen molar-refractivity contribution in [1.29, 1.82) is 0 Å². The summed E-state index contributed by atoms with van der Waals surface area (Å²) >= 11 is 0. The highest BCUT2D eigenvalue weighted by Gasteiger charge is 2.17. The molecule has 4 rings (SSSR count). The number of carbonyl (C=O) groups is 1. The van der Waals surface area contributed by atoms with Gasteiger partial charge in [-0.15, -0.1) is 0 Å². The van der Waals surface area contributed by atoms with Gasteiger partial charge in [-0.1, -0.05) is 36.4 Å². The van der Waals surface area contributed by atoms with Crippen LogP contribution in [0.4, 0.5) is 5.69 Å². The second kappa shape index (κ2) is 7.52. The largest absolute Gasteiger partial charge is 0.489 e. The Labute approximate surface area is 162 Å². The molecular weight excluding hydrogens is 352 g/mol. The Morgan fingerprint density at radius 3 is 2.64 bits per heavy atom. The number of anilines is 1. The Hall–Kier alpha value is -3.67. The number of benzene rings is 2. The predicted molar refractivity (Wildman–Crippen MR) is 109 cm³/mol. The molecular formula is C22H20N4O2. The van der Waals surface area contributed by atoms with E-state index in [9.17, 15) is 4.79 Å². The molecule has 0 aliphatic carbocycles. The molecule has 2 heterocycles. The highest BCUT2D eigenvalue weighted by atomic mass is 16.5. The quantitative estimate of drug-likeness (QED) is 0.544. The van der Waals surface area contributed by atoms with Crippen molar-refractivity contribution in [3.8, 4) is 5.75 Å². The Morgan fingerprint density at radius 1 is 1.07 bits per heavy atom. The molecule has 1 amide bonds. The van der Waals surface area contributed by atoms with Crippen molar-refractivity contribution in [2.45, 2.75) is 20.5 Å². The molecule has 0 saturated heterocycles. The number of ether oxygens (including phenoxy) is 1. The minimum Gasteiger partial charge on any atom is -0.489 e. The van der Waals surface area contributed by atoms with Gasteiger partial charge in [-0.05, 0) is 38.1 Å². The van der Waals surface area contributed by atoms with E-state index in [1.807, 2.05) is 68.4 Å². The fourth-order valence-electron chi connectivity index (χ4n) is 3.13. The lowest BCUT2D eigenvalue weighted by molar-refractivity contribution is 0.102. The molecule has 2 aromatic carbocycles. The topological polar surface area (TPSA) is 79.9 Å². The summed E-state index contributed by atoms with van der Waals surface area (Å²) in [7, 11) is 0. The van der Waals surface area contributed by atoms with Gasteiger partial charge in [0.25, 0.3) is 5.91 Å². The van der Waals surface area contributed by atoms with Crippen LogP contribution >= 0.6 is 0 Å². The molecule has 0 aliphatic rings. The number of nitrogens with zero attached hydrogens (tertiary/aromatic N) is 2. The van der Waals surface area contributed by atoms with Gasteiger partial charge < -0.3 is 10.1 Å². The molecule has 0 fully saturated rings. The Morgan fingerprint density at radius 2 is 1.82 bits per heavy atom. The number of hydrogen-bond donors (Lipinski definition) is 2.